The van der Waals surface area contributed by atoms with Gasteiger partial charge in [-0.15, -0.1) is 0 Å². The Morgan fingerprint density at radius 1 is 1.17 bits per heavy atom. The molecule has 0 fully saturated rings. The second kappa shape index (κ2) is 6.17. The third-order valence-corrected chi connectivity index (χ3v) is 4.99. The lowest BCUT2D eigenvalue weighted by atomic mass is 10.2. The van der Waals surface area contributed by atoms with Crippen LogP contribution in [0.2, 0.25) is 0 Å². The molecule has 0 spiro atoms. The highest BCUT2D eigenvalue weighted by Gasteiger charge is 2.32. The van der Waals surface area contributed by atoms with E-state index in [2.05, 4.69) is 0 Å². The molecule has 0 heterocycles. The summed E-state index contributed by atoms with van der Waals surface area (Å²) in [4.78, 5) is 11.3. The smallest absolute Gasteiger partial charge is 0.426 e. The van der Waals surface area contributed by atoms with Crippen LogP contribution in [0.5, 0.6) is 11.5 Å². The molecule has 2 aromatic carbocycles. The first-order valence-electron chi connectivity index (χ1n) is 6.49. The number of aromatic hydroxyl groups is 1. The van der Waals surface area contributed by atoms with Crippen LogP contribution in [0.3, 0.4) is 0 Å². The predicted molar refractivity (Wildman–Crippen MR) is 83.5 cm³/mol. The average Bonchev–Trinajstić information content (AvgIpc) is 2.49. The van der Waals surface area contributed by atoms with Gasteiger partial charge in [0.15, 0.2) is 0 Å². The van der Waals surface area contributed by atoms with Gasteiger partial charge in [0.2, 0.25) is 0 Å². The highest BCUT2D eigenvalue weighted by molar-refractivity contribution is 7.93. The zero-order valence-corrected chi connectivity index (χ0v) is 13.2. The van der Waals surface area contributed by atoms with Crippen molar-refractivity contribution in [2.75, 3.05) is 11.4 Å². The van der Waals surface area contributed by atoms with E-state index in [4.69, 9.17) is 4.74 Å². The van der Waals surface area contributed by atoms with Gasteiger partial charge in [-0.05, 0) is 30.7 Å². The Kier molecular flexibility index (Phi) is 4.46. The maximum Gasteiger partial charge on any atom is 0.426 e. The fourth-order valence-electron chi connectivity index (χ4n) is 2.05. The number of hydrogen-bond acceptors (Lipinski definition) is 5. The molecule has 2 aromatic rings. The number of nitrogens with zero attached hydrogens (tertiary/aromatic N) is 1. The molecule has 7 nitrogen and oxygen atoms in total. The van der Waals surface area contributed by atoms with Gasteiger partial charge in [-0.2, -0.15) is 4.31 Å². The van der Waals surface area contributed by atoms with Gasteiger partial charge < -0.3 is 14.9 Å². The van der Waals surface area contributed by atoms with Gasteiger partial charge >= 0.3 is 6.09 Å². The van der Waals surface area contributed by atoms with Crippen molar-refractivity contribution >= 4 is 21.8 Å². The van der Waals surface area contributed by atoms with Crippen molar-refractivity contribution in [1.29, 1.82) is 0 Å². The molecular weight excluding hydrogens is 322 g/mol. The maximum absolute atomic E-state index is 12.7. The number of ether oxygens (including phenoxy) is 1. The molecule has 122 valence electrons. The van der Waals surface area contributed by atoms with Gasteiger partial charge in [0.1, 0.15) is 11.5 Å². The zero-order chi connectivity index (χ0) is 17.2. The number of sulfonamides is 1. The van der Waals surface area contributed by atoms with E-state index in [0.29, 0.717) is 11.3 Å². The first kappa shape index (κ1) is 16.6. The lowest BCUT2D eigenvalue weighted by Gasteiger charge is -2.21. The number of hydrogen-bond donors (Lipinski definition) is 2. The SMILES string of the molecule is COc1cccc(N(C(=O)O)S(=O)(=O)c2cc(O)ccc2C)c1. The lowest BCUT2D eigenvalue weighted by molar-refractivity contribution is 0.206. The average molecular weight is 337 g/mol. The van der Waals surface area contributed by atoms with Crippen molar-refractivity contribution in [3.63, 3.8) is 0 Å². The van der Waals surface area contributed by atoms with E-state index < -0.39 is 16.1 Å². The van der Waals surface area contributed by atoms with Gasteiger partial charge in [-0.3, -0.25) is 0 Å². The third kappa shape index (κ3) is 3.21. The second-order valence-corrected chi connectivity index (χ2v) is 6.46. The Bertz CT molecular complexity index is 847. The van der Waals surface area contributed by atoms with Crippen LogP contribution in [0.4, 0.5) is 10.5 Å². The first-order chi connectivity index (χ1) is 10.8. The monoisotopic (exact) mass is 337 g/mol. The summed E-state index contributed by atoms with van der Waals surface area (Å²) in [6.45, 7) is 1.51. The Balaban J connectivity index is 2.65. The second-order valence-electron chi connectivity index (χ2n) is 4.70. The number of phenols is 1. The lowest BCUT2D eigenvalue weighted by Crippen LogP contribution is -2.36. The molecule has 8 heteroatoms. The molecule has 0 aliphatic heterocycles. The highest BCUT2D eigenvalue weighted by atomic mass is 32.2. The van der Waals surface area contributed by atoms with Crippen molar-refractivity contribution in [3.8, 4) is 11.5 Å². The van der Waals surface area contributed by atoms with Crippen LogP contribution in [-0.4, -0.2) is 31.8 Å². The van der Waals surface area contributed by atoms with Gasteiger partial charge in [-0.25, -0.2) is 13.2 Å². The van der Waals surface area contributed by atoms with Crippen molar-refractivity contribution in [3.05, 3.63) is 48.0 Å². The standard InChI is InChI=1S/C15H15NO6S/c1-10-6-7-12(17)9-14(10)23(20,21)16(15(18)19)11-4-3-5-13(8-11)22-2/h3-9,17H,1-2H3,(H,18,19). The van der Waals surface area contributed by atoms with Crippen molar-refractivity contribution in [2.45, 2.75) is 11.8 Å². The Morgan fingerprint density at radius 3 is 2.48 bits per heavy atom. The van der Waals surface area contributed by atoms with Crippen molar-refractivity contribution in [1.82, 2.24) is 0 Å². The van der Waals surface area contributed by atoms with Crippen LogP contribution in [0.25, 0.3) is 0 Å². The number of rotatable bonds is 4. The Hall–Kier alpha value is -2.74. The number of amides is 1. The fraction of sp³-hybridized carbons (Fsp3) is 0.133. The van der Waals surface area contributed by atoms with Crippen molar-refractivity contribution in [2.24, 2.45) is 0 Å². The molecule has 0 saturated heterocycles. The summed E-state index contributed by atoms with van der Waals surface area (Å²) in [7, 11) is -3.03. The molecule has 0 radical (unpaired) electrons. The number of methoxy groups -OCH3 is 1. The molecule has 2 rings (SSSR count). The van der Waals surface area contributed by atoms with E-state index in [1.165, 1.54) is 44.4 Å². The zero-order valence-electron chi connectivity index (χ0n) is 12.4. The molecule has 0 aliphatic rings. The quantitative estimate of drug-likeness (QED) is 0.888. The fourth-order valence-corrected chi connectivity index (χ4v) is 3.59. The molecule has 0 aromatic heterocycles. The van der Waals surface area contributed by atoms with E-state index in [-0.39, 0.29) is 20.6 Å². The van der Waals surface area contributed by atoms with E-state index in [1.54, 1.807) is 6.07 Å². The summed E-state index contributed by atoms with van der Waals surface area (Å²) >= 11 is 0. The minimum absolute atomic E-state index is 0.0837. The Morgan fingerprint density at radius 2 is 1.87 bits per heavy atom. The maximum atomic E-state index is 12.7. The van der Waals surface area contributed by atoms with Gasteiger partial charge in [0.25, 0.3) is 10.0 Å². The van der Waals surface area contributed by atoms with Crippen LogP contribution < -0.4 is 9.04 Å². The van der Waals surface area contributed by atoms with Gasteiger partial charge in [0, 0.05) is 12.1 Å². The number of anilines is 1. The summed E-state index contributed by atoms with van der Waals surface area (Å²) in [6, 6.07) is 9.42. The summed E-state index contributed by atoms with van der Waals surface area (Å²) < 4.78 is 30.7. The van der Waals surface area contributed by atoms with E-state index in [9.17, 15) is 23.4 Å². The molecule has 2 N–H and O–H groups in total. The van der Waals surface area contributed by atoms with Gasteiger partial charge in [0.05, 0.1) is 17.7 Å². The minimum Gasteiger partial charge on any atom is -0.508 e. The molecule has 0 unspecified atom stereocenters. The normalized spacial score (nSPS) is 11.0. The summed E-state index contributed by atoms with van der Waals surface area (Å²) in [5, 5.41) is 18.9. The van der Waals surface area contributed by atoms with E-state index >= 15 is 0 Å². The summed E-state index contributed by atoms with van der Waals surface area (Å²) in [6.07, 6.45) is -1.67. The predicted octanol–water partition coefficient (Wildman–Crippen LogP) is 2.58. The number of aryl methyl sites for hydroxylation is 1. The topological polar surface area (TPSA) is 104 Å². The van der Waals surface area contributed by atoms with Crippen LogP contribution in [0.15, 0.2) is 47.4 Å². The van der Waals surface area contributed by atoms with Crippen molar-refractivity contribution < 1.29 is 28.2 Å². The van der Waals surface area contributed by atoms with Crippen LogP contribution in [0, 0.1) is 6.92 Å². The molecule has 23 heavy (non-hydrogen) atoms. The minimum atomic E-state index is -4.41. The molecule has 0 bridgehead atoms. The molecule has 0 aliphatic carbocycles. The Labute approximate surface area is 133 Å². The summed E-state index contributed by atoms with van der Waals surface area (Å²) in [5.74, 6) is 0.0433. The van der Waals surface area contributed by atoms with E-state index in [1.807, 2.05) is 0 Å². The third-order valence-electron chi connectivity index (χ3n) is 3.15. The van der Waals surface area contributed by atoms with Crippen LogP contribution >= 0.6 is 0 Å². The first-order valence-corrected chi connectivity index (χ1v) is 7.93. The highest BCUT2D eigenvalue weighted by Crippen LogP contribution is 2.30. The molecular formula is C15H15NO6S. The van der Waals surface area contributed by atoms with Crippen LogP contribution in [0.1, 0.15) is 5.56 Å². The number of carbonyl (C=O) groups is 1. The molecule has 1 amide bonds. The number of phenolic OH excluding ortho intramolecular Hbond substituents is 1. The molecule has 0 saturated carbocycles. The summed E-state index contributed by atoms with van der Waals surface area (Å²) in [5.41, 5.74) is 0.233. The van der Waals surface area contributed by atoms with Crippen LogP contribution in [-0.2, 0) is 10.0 Å². The molecule has 0 atom stereocenters. The number of carboxylic acid groups (broad SMARTS) is 1. The largest absolute Gasteiger partial charge is 0.508 e. The van der Waals surface area contributed by atoms with E-state index in [0.717, 1.165) is 6.07 Å². The number of benzene rings is 2. The van der Waals surface area contributed by atoms with Gasteiger partial charge in [-0.1, -0.05) is 12.1 Å².